The van der Waals surface area contributed by atoms with Crippen molar-refractivity contribution in [2.24, 2.45) is 11.3 Å². The van der Waals surface area contributed by atoms with E-state index in [4.69, 9.17) is 9.15 Å². The number of ether oxygens (including phenoxy) is 1. The normalized spacial score (nSPS) is 33.4. The molecule has 0 aromatic carbocycles. The zero-order chi connectivity index (χ0) is 18.0. The maximum absolute atomic E-state index is 11.4. The molecule has 0 saturated carbocycles. The quantitative estimate of drug-likeness (QED) is 0.848. The largest absolute Gasteiger partial charge is 0.478 e. The summed E-state index contributed by atoms with van der Waals surface area (Å²) in [6.45, 7) is 6.07. The minimum absolute atomic E-state index is 0.0924. The molecule has 0 unspecified atom stereocenters. The highest BCUT2D eigenvalue weighted by Gasteiger charge is 2.46. The fraction of sp³-hybridized carbons (Fsp3) is 0.450. The number of hydrogen-bond donors (Lipinski definition) is 2. The predicted molar refractivity (Wildman–Crippen MR) is 92.6 cm³/mol. The van der Waals surface area contributed by atoms with Gasteiger partial charge in [0.25, 0.3) is 0 Å². The third-order valence-corrected chi connectivity index (χ3v) is 5.46. The summed E-state index contributed by atoms with van der Waals surface area (Å²) in [7, 11) is 0. The van der Waals surface area contributed by atoms with Crippen LogP contribution < -0.4 is 0 Å². The first kappa shape index (κ1) is 17.7. The number of carbonyl (C=O) groups is 1. The smallest absolute Gasteiger partial charge is 0.335 e. The van der Waals surface area contributed by atoms with Crippen molar-refractivity contribution >= 4 is 5.97 Å². The SMILES string of the molecule is C=C1CC[C@H]2[C@H](O)O[C@H](c3ccoc3)C[C@]2(C)CC=CC=C1C(=O)O. The second-order valence-electron chi connectivity index (χ2n) is 7.20. The number of hydrogen-bond acceptors (Lipinski definition) is 4. The molecule has 0 spiro atoms. The number of carboxylic acid groups (broad SMARTS) is 1. The van der Waals surface area contributed by atoms with Crippen molar-refractivity contribution in [1.82, 2.24) is 0 Å². The molecule has 1 aliphatic carbocycles. The van der Waals surface area contributed by atoms with E-state index >= 15 is 0 Å². The van der Waals surface area contributed by atoms with Gasteiger partial charge in [-0.15, -0.1) is 0 Å². The van der Waals surface area contributed by atoms with Crippen LogP contribution in [0.5, 0.6) is 0 Å². The minimum Gasteiger partial charge on any atom is -0.478 e. The second-order valence-corrected chi connectivity index (χ2v) is 7.20. The summed E-state index contributed by atoms with van der Waals surface area (Å²) in [6, 6.07) is 1.86. The molecule has 0 amide bonds. The lowest BCUT2D eigenvalue weighted by Gasteiger charge is -2.47. The molecule has 1 aliphatic heterocycles. The topological polar surface area (TPSA) is 79.9 Å². The standard InChI is InChI=1S/C20H24O5/c1-13-6-7-16-19(23)25-17(14-8-10-24-12-14)11-20(16,2)9-4-3-5-15(13)18(21)22/h3-5,8,10,12,16-17,19,23H,1,6-7,9,11H2,2H3,(H,21,22)/t16-,17-,19+,20-/m0/s1. The molecule has 2 N–H and O–H groups in total. The van der Waals surface area contributed by atoms with Gasteiger partial charge in [0.1, 0.15) is 0 Å². The van der Waals surface area contributed by atoms with Crippen LogP contribution in [0.2, 0.25) is 0 Å². The van der Waals surface area contributed by atoms with Crippen LogP contribution in [-0.4, -0.2) is 22.5 Å². The van der Waals surface area contributed by atoms with E-state index in [0.29, 0.717) is 18.4 Å². The van der Waals surface area contributed by atoms with Crippen molar-refractivity contribution in [3.8, 4) is 0 Å². The highest BCUT2D eigenvalue weighted by Crippen LogP contribution is 2.50. The summed E-state index contributed by atoms with van der Waals surface area (Å²) in [6.07, 6.45) is 10.2. The Labute approximate surface area is 147 Å². The Bertz CT molecular complexity index is 700. The average Bonchev–Trinajstić information content (AvgIpc) is 3.07. The molecular formula is C20H24O5. The van der Waals surface area contributed by atoms with Crippen LogP contribution in [0.15, 0.2) is 59.0 Å². The average molecular weight is 344 g/mol. The lowest BCUT2D eigenvalue weighted by Crippen LogP contribution is -2.44. The van der Waals surface area contributed by atoms with Gasteiger partial charge in [-0.2, -0.15) is 0 Å². The van der Waals surface area contributed by atoms with Gasteiger partial charge in [0, 0.05) is 11.5 Å². The third kappa shape index (κ3) is 3.62. The molecule has 4 atom stereocenters. The van der Waals surface area contributed by atoms with Gasteiger partial charge in [-0.25, -0.2) is 4.79 Å². The molecule has 1 aromatic heterocycles. The van der Waals surface area contributed by atoms with Crippen molar-refractivity contribution in [2.75, 3.05) is 0 Å². The minimum atomic E-state index is -0.974. The fourth-order valence-electron chi connectivity index (χ4n) is 3.92. The molecule has 1 aromatic rings. The molecule has 0 radical (unpaired) electrons. The summed E-state index contributed by atoms with van der Waals surface area (Å²) < 4.78 is 11.0. The highest BCUT2D eigenvalue weighted by molar-refractivity contribution is 5.91. The Kier molecular flexibility index (Phi) is 4.97. The molecule has 0 bridgehead atoms. The van der Waals surface area contributed by atoms with E-state index in [0.717, 1.165) is 18.4 Å². The summed E-state index contributed by atoms with van der Waals surface area (Å²) in [5.74, 6) is -1.07. The summed E-state index contributed by atoms with van der Waals surface area (Å²) in [4.78, 5) is 11.4. The van der Waals surface area contributed by atoms with Crippen LogP contribution in [0, 0.1) is 11.3 Å². The Balaban J connectivity index is 1.88. The third-order valence-electron chi connectivity index (χ3n) is 5.46. The number of furan rings is 1. The van der Waals surface area contributed by atoms with Crippen LogP contribution in [0.4, 0.5) is 0 Å². The zero-order valence-corrected chi connectivity index (χ0v) is 14.4. The maximum atomic E-state index is 11.4. The summed E-state index contributed by atoms with van der Waals surface area (Å²) in [5, 5.41) is 20.0. The van der Waals surface area contributed by atoms with E-state index in [-0.39, 0.29) is 23.0 Å². The first-order chi connectivity index (χ1) is 11.9. The Morgan fingerprint density at radius 1 is 1.44 bits per heavy atom. The van der Waals surface area contributed by atoms with Crippen molar-refractivity contribution in [1.29, 1.82) is 0 Å². The zero-order valence-electron chi connectivity index (χ0n) is 14.4. The van der Waals surface area contributed by atoms with E-state index < -0.39 is 12.3 Å². The molecule has 2 aliphatic rings. The number of carboxylic acids is 1. The maximum Gasteiger partial charge on any atom is 0.335 e. The Morgan fingerprint density at radius 3 is 2.92 bits per heavy atom. The van der Waals surface area contributed by atoms with Gasteiger partial charge in [-0.05, 0) is 48.8 Å². The van der Waals surface area contributed by atoms with Crippen LogP contribution in [-0.2, 0) is 9.53 Å². The Morgan fingerprint density at radius 2 is 2.24 bits per heavy atom. The molecule has 1 fully saturated rings. The van der Waals surface area contributed by atoms with Crippen molar-refractivity contribution < 1.29 is 24.2 Å². The fourth-order valence-corrected chi connectivity index (χ4v) is 3.92. The molecule has 25 heavy (non-hydrogen) atoms. The number of aliphatic carboxylic acids is 1. The van der Waals surface area contributed by atoms with Gasteiger partial charge in [0.05, 0.1) is 24.2 Å². The van der Waals surface area contributed by atoms with Crippen molar-refractivity contribution in [3.63, 3.8) is 0 Å². The van der Waals surface area contributed by atoms with E-state index in [1.165, 1.54) is 0 Å². The van der Waals surface area contributed by atoms with Gasteiger partial charge in [-0.3, -0.25) is 0 Å². The number of rotatable bonds is 2. The highest BCUT2D eigenvalue weighted by atomic mass is 16.6. The lowest BCUT2D eigenvalue weighted by atomic mass is 9.66. The van der Waals surface area contributed by atoms with Crippen LogP contribution in [0.25, 0.3) is 0 Å². The molecule has 1 saturated heterocycles. The monoisotopic (exact) mass is 344 g/mol. The first-order valence-corrected chi connectivity index (χ1v) is 8.54. The van der Waals surface area contributed by atoms with Crippen LogP contribution in [0.3, 0.4) is 0 Å². The molecule has 3 rings (SSSR count). The first-order valence-electron chi connectivity index (χ1n) is 8.54. The van der Waals surface area contributed by atoms with Gasteiger partial charge in [-0.1, -0.05) is 25.7 Å². The van der Waals surface area contributed by atoms with Crippen molar-refractivity contribution in [2.45, 2.75) is 45.0 Å². The lowest BCUT2D eigenvalue weighted by molar-refractivity contribution is -0.236. The van der Waals surface area contributed by atoms with Gasteiger partial charge >= 0.3 is 5.97 Å². The molecule has 134 valence electrons. The van der Waals surface area contributed by atoms with Gasteiger partial charge in [0.2, 0.25) is 0 Å². The Hall–Kier alpha value is -2.11. The van der Waals surface area contributed by atoms with Crippen LogP contribution in [0.1, 0.15) is 44.3 Å². The van der Waals surface area contributed by atoms with E-state index in [1.54, 1.807) is 24.7 Å². The van der Waals surface area contributed by atoms with E-state index in [2.05, 4.69) is 13.5 Å². The predicted octanol–water partition coefficient (Wildman–Crippen LogP) is 3.99. The van der Waals surface area contributed by atoms with Gasteiger partial charge in [0.15, 0.2) is 6.29 Å². The molecule has 5 nitrogen and oxygen atoms in total. The number of aliphatic hydroxyl groups excluding tert-OH is 1. The second kappa shape index (κ2) is 7.02. The molecule has 2 heterocycles. The van der Waals surface area contributed by atoms with E-state index in [1.807, 2.05) is 12.1 Å². The van der Waals surface area contributed by atoms with E-state index in [9.17, 15) is 15.0 Å². The number of allylic oxidation sites excluding steroid dienone is 3. The number of aliphatic hydroxyl groups is 1. The molecular weight excluding hydrogens is 320 g/mol. The summed E-state index contributed by atoms with van der Waals surface area (Å²) >= 11 is 0. The van der Waals surface area contributed by atoms with Crippen molar-refractivity contribution in [3.05, 3.63) is 60.1 Å². The van der Waals surface area contributed by atoms with Crippen LogP contribution >= 0.6 is 0 Å². The molecule has 5 heteroatoms. The summed E-state index contributed by atoms with van der Waals surface area (Å²) in [5.41, 5.74) is 1.57. The van der Waals surface area contributed by atoms with Gasteiger partial charge < -0.3 is 19.4 Å². The number of fused-ring (bicyclic) bond motifs is 1.